The molecule has 3 nitrogen and oxygen atoms in total. The molecule has 92 valence electrons. The summed E-state index contributed by atoms with van der Waals surface area (Å²) in [6, 6.07) is 6.19. The third-order valence-electron chi connectivity index (χ3n) is 2.54. The first-order chi connectivity index (χ1) is 8.15. The van der Waals surface area contributed by atoms with Gasteiger partial charge < -0.3 is 10.6 Å². The minimum Gasteiger partial charge on any atom is -0.352 e. The Morgan fingerprint density at radius 1 is 1.47 bits per heavy atom. The summed E-state index contributed by atoms with van der Waals surface area (Å²) in [6.45, 7) is 0.995. The highest BCUT2D eigenvalue weighted by atomic mass is 79.9. The van der Waals surface area contributed by atoms with Crippen LogP contribution in [0.2, 0.25) is 5.02 Å². The van der Waals surface area contributed by atoms with Gasteiger partial charge in [-0.3, -0.25) is 4.79 Å². The highest BCUT2D eigenvalue weighted by Crippen LogP contribution is 2.23. The van der Waals surface area contributed by atoms with Crippen molar-refractivity contribution in [1.29, 1.82) is 0 Å². The van der Waals surface area contributed by atoms with Crippen LogP contribution in [0, 0.1) is 0 Å². The zero-order valence-corrected chi connectivity index (χ0v) is 11.6. The number of benzene rings is 1. The van der Waals surface area contributed by atoms with Gasteiger partial charge >= 0.3 is 0 Å². The fourth-order valence-corrected chi connectivity index (χ4v) is 1.93. The van der Waals surface area contributed by atoms with Gasteiger partial charge in [-0.25, -0.2) is 0 Å². The third-order valence-corrected chi connectivity index (χ3v) is 3.77. The summed E-state index contributed by atoms with van der Waals surface area (Å²) in [5.74, 6) is 0.0655. The molecule has 1 aromatic carbocycles. The second-order valence-electron chi connectivity index (χ2n) is 4.19. The molecule has 0 aromatic heterocycles. The van der Waals surface area contributed by atoms with Crippen LogP contribution < -0.4 is 10.6 Å². The molecule has 0 bridgehead atoms. The van der Waals surface area contributed by atoms with Crippen LogP contribution in [0.25, 0.3) is 0 Å². The van der Waals surface area contributed by atoms with Gasteiger partial charge in [0.05, 0.1) is 11.6 Å². The van der Waals surface area contributed by atoms with Gasteiger partial charge in [0.15, 0.2) is 0 Å². The maximum atomic E-state index is 11.4. The maximum Gasteiger partial charge on any atom is 0.234 e. The molecule has 1 aromatic rings. The van der Waals surface area contributed by atoms with Gasteiger partial charge in [0.25, 0.3) is 0 Å². The Kier molecular flexibility index (Phi) is 4.42. The van der Waals surface area contributed by atoms with Gasteiger partial charge in [0, 0.05) is 17.1 Å². The molecule has 1 fully saturated rings. The number of halogens is 2. The largest absolute Gasteiger partial charge is 0.352 e. The van der Waals surface area contributed by atoms with E-state index in [0.29, 0.717) is 24.2 Å². The van der Waals surface area contributed by atoms with Crippen molar-refractivity contribution in [2.24, 2.45) is 0 Å². The van der Waals surface area contributed by atoms with Crippen molar-refractivity contribution < 1.29 is 4.79 Å². The SMILES string of the molecule is O=C(CNCc1ccc(Br)c(Cl)c1)NC1CC1. The minimum absolute atomic E-state index is 0.0655. The number of hydrogen-bond donors (Lipinski definition) is 2. The molecule has 0 heterocycles. The van der Waals surface area contributed by atoms with Crippen molar-refractivity contribution in [2.45, 2.75) is 25.4 Å². The molecule has 1 aliphatic rings. The fourth-order valence-electron chi connectivity index (χ4n) is 1.48. The average molecular weight is 318 g/mol. The van der Waals surface area contributed by atoms with Crippen molar-refractivity contribution >= 4 is 33.4 Å². The predicted octanol–water partition coefficient (Wildman–Crippen LogP) is 2.47. The molecule has 1 aliphatic carbocycles. The van der Waals surface area contributed by atoms with E-state index in [1.54, 1.807) is 0 Å². The Morgan fingerprint density at radius 3 is 2.88 bits per heavy atom. The van der Waals surface area contributed by atoms with Gasteiger partial charge in [-0.05, 0) is 46.5 Å². The number of carbonyl (C=O) groups is 1. The van der Waals surface area contributed by atoms with E-state index in [9.17, 15) is 4.79 Å². The number of rotatable bonds is 5. The van der Waals surface area contributed by atoms with E-state index in [1.807, 2.05) is 18.2 Å². The summed E-state index contributed by atoms with van der Waals surface area (Å²) < 4.78 is 0.884. The number of carbonyl (C=O) groups excluding carboxylic acids is 1. The fraction of sp³-hybridized carbons (Fsp3) is 0.417. The molecular formula is C12H14BrClN2O. The molecule has 1 saturated carbocycles. The van der Waals surface area contributed by atoms with Gasteiger partial charge in [0.2, 0.25) is 5.91 Å². The molecule has 0 spiro atoms. The number of hydrogen-bond acceptors (Lipinski definition) is 2. The van der Waals surface area contributed by atoms with Crippen LogP contribution in [0.1, 0.15) is 18.4 Å². The summed E-state index contributed by atoms with van der Waals surface area (Å²) >= 11 is 9.32. The standard InChI is InChI=1S/C12H14BrClN2O/c13-10-4-1-8(5-11(10)14)6-15-7-12(17)16-9-2-3-9/h1,4-5,9,15H,2-3,6-7H2,(H,16,17). The number of nitrogens with one attached hydrogen (secondary N) is 2. The highest BCUT2D eigenvalue weighted by Gasteiger charge is 2.22. The molecule has 0 atom stereocenters. The van der Waals surface area contributed by atoms with E-state index >= 15 is 0 Å². The summed E-state index contributed by atoms with van der Waals surface area (Å²) in [5.41, 5.74) is 1.07. The molecule has 2 N–H and O–H groups in total. The predicted molar refractivity (Wildman–Crippen MR) is 72.0 cm³/mol. The lowest BCUT2D eigenvalue weighted by Gasteiger charge is -2.06. The van der Waals surface area contributed by atoms with Crippen LogP contribution in [-0.2, 0) is 11.3 Å². The second-order valence-corrected chi connectivity index (χ2v) is 5.46. The smallest absolute Gasteiger partial charge is 0.234 e. The molecule has 1 amide bonds. The van der Waals surface area contributed by atoms with E-state index in [1.165, 1.54) is 0 Å². The lowest BCUT2D eigenvalue weighted by atomic mass is 10.2. The van der Waals surface area contributed by atoms with Crippen molar-refractivity contribution in [2.75, 3.05) is 6.54 Å². The third kappa shape index (κ3) is 4.30. The quantitative estimate of drug-likeness (QED) is 0.876. The van der Waals surface area contributed by atoms with Crippen LogP contribution in [0.3, 0.4) is 0 Å². The molecular weight excluding hydrogens is 304 g/mol. The molecule has 5 heteroatoms. The Labute approximate surface area is 114 Å². The molecule has 0 saturated heterocycles. The van der Waals surface area contributed by atoms with Crippen molar-refractivity contribution in [1.82, 2.24) is 10.6 Å². The van der Waals surface area contributed by atoms with Crippen molar-refractivity contribution in [3.8, 4) is 0 Å². The molecule has 17 heavy (non-hydrogen) atoms. The van der Waals surface area contributed by atoms with E-state index in [4.69, 9.17) is 11.6 Å². The first-order valence-electron chi connectivity index (χ1n) is 5.59. The monoisotopic (exact) mass is 316 g/mol. The van der Waals surface area contributed by atoms with Gasteiger partial charge in [-0.15, -0.1) is 0 Å². The Morgan fingerprint density at radius 2 is 2.24 bits per heavy atom. The van der Waals surface area contributed by atoms with Crippen LogP contribution in [0.15, 0.2) is 22.7 Å². The first kappa shape index (κ1) is 12.9. The van der Waals surface area contributed by atoms with E-state index in [0.717, 1.165) is 22.9 Å². The maximum absolute atomic E-state index is 11.4. The summed E-state index contributed by atoms with van der Waals surface area (Å²) in [5, 5.41) is 6.71. The lowest BCUT2D eigenvalue weighted by Crippen LogP contribution is -2.34. The first-order valence-corrected chi connectivity index (χ1v) is 6.76. The summed E-state index contributed by atoms with van der Waals surface area (Å²) in [6.07, 6.45) is 2.24. The van der Waals surface area contributed by atoms with E-state index < -0.39 is 0 Å². The lowest BCUT2D eigenvalue weighted by molar-refractivity contribution is -0.120. The number of amides is 1. The highest BCUT2D eigenvalue weighted by molar-refractivity contribution is 9.10. The van der Waals surface area contributed by atoms with E-state index in [-0.39, 0.29) is 5.91 Å². The van der Waals surface area contributed by atoms with Crippen molar-refractivity contribution in [3.63, 3.8) is 0 Å². The molecule has 0 aliphatic heterocycles. The zero-order valence-electron chi connectivity index (χ0n) is 9.30. The molecule has 0 radical (unpaired) electrons. The van der Waals surface area contributed by atoms with Gasteiger partial charge in [0.1, 0.15) is 0 Å². The normalized spacial score (nSPS) is 14.7. The molecule has 2 rings (SSSR count). The van der Waals surface area contributed by atoms with Crippen molar-refractivity contribution in [3.05, 3.63) is 33.3 Å². The summed E-state index contributed by atoms with van der Waals surface area (Å²) in [4.78, 5) is 11.4. The summed E-state index contributed by atoms with van der Waals surface area (Å²) in [7, 11) is 0. The zero-order chi connectivity index (χ0) is 12.3. The minimum atomic E-state index is 0.0655. The van der Waals surface area contributed by atoms with Crippen LogP contribution in [0.4, 0.5) is 0 Å². The van der Waals surface area contributed by atoms with Crippen LogP contribution in [0.5, 0.6) is 0 Å². The topological polar surface area (TPSA) is 41.1 Å². The van der Waals surface area contributed by atoms with Gasteiger partial charge in [-0.2, -0.15) is 0 Å². The van der Waals surface area contributed by atoms with Crippen LogP contribution >= 0.6 is 27.5 Å². The Hall–Kier alpha value is -0.580. The van der Waals surface area contributed by atoms with E-state index in [2.05, 4.69) is 26.6 Å². The molecule has 0 unspecified atom stereocenters. The van der Waals surface area contributed by atoms with Gasteiger partial charge in [-0.1, -0.05) is 17.7 Å². The van der Waals surface area contributed by atoms with Crippen LogP contribution in [-0.4, -0.2) is 18.5 Å². The Balaban J connectivity index is 1.73. The average Bonchev–Trinajstić information content (AvgIpc) is 3.07. The Bertz CT molecular complexity index is 421. The second kappa shape index (κ2) is 5.85.